The van der Waals surface area contributed by atoms with Crippen LogP contribution >= 0.6 is 0 Å². The van der Waals surface area contributed by atoms with Crippen LogP contribution in [-0.4, -0.2) is 23.3 Å². The van der Waals surface area contributed by atoms with Gasteiger partial charge in [-0.2, -0.15) is 0 Å². The maximum Gasteiger partial charge on any atom is 0.335 e. The summed E-state index contributed by atoms with van der Waals surface area (Å²) >= 11 is 0. The molecule has 3 nitrogen and oxygen atoms in total. The van der Waals surface area contributed by atoms with Crippen molar-refractivity contribution in [1.82, 2.24) is 0 Å². The molecule has 20 heavy (non-hydrogen) atoms. The molecule has 0 radical (unpaired) electrons. The Morgan fingerprint density at radius 3 is 2.55 bits per heavy atom. The number of hydrogen-bond acceptors (Lipinski definition) is 3. The van der Waals surface area contributed by atoms with Crippen LogP contribution in [0.25, 0.3) is 0 Å². The molecule has 1 aromatic rings. The molecule has 0 aromatic heterocycles. The Bertz CT molecular complexity index is 528. The van der Waals surface area contributed by atoms with Crippen molar-refractivity contribution in [2.24, 2.45) is 10.9 Å². The van der Waals surface area contributed by atoms with Crippen LogP contribution in [0.1, 0.15) is 32.8 Å². The summed E-state index contributed by atoms with van der Waals surface area (Å²) in [6.45, 7) is 9.37. The second-order valence-corrected chi connectivity index (χ2v) is 6.14. The van der Waals surface area contributed by atoms with E-state index in [0.29, 0.717) is 6.42 Å². The second kappa shape index (κ2) is 5.23. The van der Waals surface area contributed by atoms with Crippen LogP contribution in [0.15, 0.2) is 48.0 Å². The molecule has 2 atom stereocenters. The van der Waals surface area contributed by atoms with E-state index >= 15 is 0 Å². The zero-order valence-electron chi connectivity index (χ0n) is 12.3. The Labute approximate surface area is 120 Å². The third-order valence-corrected chi connectivity index (χ3v) is 3.26. The van der Waals surface area contributed by atoms with Crippen molar-refractivity contribution in [3.63, 3.8) is 0 Å². The van der Waals surface area contributed by atoms with Crippen molar-refractivity contribution < 1.29 is 9.53 Å². The highest BCUT2D eigenvalue weighted by atomic mass is 16.6. The fourth-order valence-corrected chi connectivity index (χ4v) is 2.09. The van der Waals surface area contributed by atoms with Crippen LogP contribution in [0.3, 0.4) is 0 Å². The first-order valence-corrected chi connectivity index (χ1v) is 6.84. The Morgan fingerprint density at radius 2 is 2.05 bits per heavy atom. The van der Waals surface area contributed by atoms with Crippen molar-refractivity contribution in [1.29, 1.82) is 0 Å². The third-order valence-electron chi connectivity index (χ3n) is 3.26. The molecular formula is C17H21NO2. The molecule has 1 fully saturated rings. The molecule has 0 heterocycles. The van der Waals surface area contributed by atoms with E-state index in [-0.39, 0.29) is 11.9 Å². The lowest BCUT2D eigenvalue weighted by molar-refractivity contribution is -0.157. The smallest absolute Gasteiger partial charge is 0.335 e. The molecule has 2 rings (SSSR count). The number of ether oxygens (including phenoxy) is 1. The van der Waals surface area contributed by atoms with Crippen molar-refractivity contribution in [3.05, 3.63) is 48.6 Å². The van der Waals surface area contributed by atoms with Crippen molar-refractivity contribution in [2.75, 3.05) is 0 Å². The van der Waals surface area contributed by atoms with Crippen LogP contribution in [0.4, 0.5) is 0 Å². The highest BCUT2D eigenvalue weighted by molar-refractivity contribution is 5.90. The SMILES string of the molecule is C=C[C@H]1C[C@@]1(N=Cc1ccccc1)C(=O)OC(C)(C)C. The van der Waals surface area contributed by atoms with Gasteiger partial charge >= 0.3 is 5.97 Å². The monoisotopic (exact) mass is 271 g/mol. The number of esters is 1. The fraction of sp³-hybridized carbons (Fsp3) is 0.412. The van der Waals surface area contributed by atoms with Gasteiger partial charge in [0.05, 0.1) is 0 Å². The van der Waals surface area contributed by atoms with Gasteiger partial charge in [0.1, 0.15) is 5.60 Å². The minimum atomic E-state index is -0.773. The summed E-state index contributed by atoms with van der Waals surface area (Å²) in [6.07, 6.45) is 4.20. The van der Waals surface area contributed by atoms with Gasteiger partial charge in [0.2, 0.25) is 0 Å². The van der Waals surface area contributed by atoms with Gasteiger partial charge in [-0.3, -0.25) is 4.99 Å². The summed E-state index contributed by atoms with van der Waals surface area (Å²) in [5.41, 5.74) is -0.295. The number of carbonyl (C=O) groups excluding carboxylic acids is 1. The molecule has 1 aromatic carbocycles. The summed E-state index contributed by atoms with van der Waals surface area (Å²) in [6, 6.07) is 9.75. The first kappa shape index (κ1) is 14.5. The lowest BCUT2D eigenvalue weighted by Gasteiger charge is -2.22. The molecule has 106 valence electrons. The van der Waals surface area contributed by atoms with Gasteiger partial charge < -0.3 is 4.74 Å². The predicted molar refractivity (Wildman–Crippen MR) is 80.9 cm³/mol. The van der Waals surface area contributed by atoms with Crippen LogP contribution in [-0.2, 0) is 9.53 Å². The highest BCUT2D eigenvalue weighted by Gasteiger charge is 2.60. The highest BCUT2D eigenvalue weighted by Crippen LogP contribution is 2.49. The summed E-state index contributed by atoms with van der Waals surface area (Å²) in [7, 11) is 0. The van der Waals surface area contributed by atoms with E-state index in [1.807, 2.05) is 51.1 Å². The van der Waals surface area contributed by atoms with Crippen LogP contribution < -0.4 is 0 Å². The largest absolute Gasteiger partial charge is 0.458 e. The molecule has 1 saturated carbocycles. The van der Waals surface area contributed by atoms with E-state index in [1.54, 1.807) is 12.3 Å². The van der Waals surface area contributed by atoms with Gasteiger partial charge in [-0.05, 0) is 32.8 Å². The standard InChI is InChI=1S/C17H21NO2/c1-5-14-11-17(14,15(19)20-16(2,3)4)18-12-13-9-7-6-8-10-13/h5-10,12,14H,1,11H2,2-4H3/t14-,17-/m0/s1. The molecule has 3 heteroatoms. The Balaban J connectivity index is 2.17. The topological polar surface area (TPSA) is 38.7 Å². The molecule has 0 spiro atoms. The maximum absolute atomic E-state index is 12.3. The number of hydrogen-bond donors (Lipinski definition) is 0. The zero-order valence-corrected chi connectivity index (χ0v) is 12.3. The molecule has 1 aliphatic rings. The van der Waals surface area contributed by atoms with Crippen molar-refractivity contribution in [3.8, 4) is 0 Å². The zero-order chi connectivity index (χ0) is 14.8. The number of rotatable bonds is 4. The lowest BCUT2D eigenvalue weighted by Crippen LogP contribution is -2.33. The van der Waals surface area contributed by atoms with E-state index in [0.717, 1.165) is 5.56 Å². The molecular weight excluding hydrogens is 250 g/mol. The molecule has 0 amide bonds. The van der Waals surface area contributed by atoms with Gasteiger partial charge in [-0.1, -0.05) is 36.4 Å². The van der Waals surface area contributed by atoms with E-state index < -0.39 is 11.1 Å². The number of nitrogens with zero attached hydrogens (tertiary/aromatic N) is 1. The van der Waals surface area contributed by atoms with Gasteiger partial charge in [-0.25, -0.2) is 4.79 Å². The molecule has 0 N–H and O–H groups in total. The van der Waals surface area contributed by atoms with Crippen LogP contribution in [0.2, 0.25) is 0 Å². The first-order chi connectivity index (χ1) is 9.37. The summed E-state index contributed by atoms with van der Waals surface area (Å²) < 4.78 is 5.49. The van der Waals surface area contributed by atoms with E-state index in [9.17, 15) is 4.79 Å². The quantitative estimate of drug-likeness (QED) is 0.478. The van der Waals surface area contributed by atoms with Gasteiger partial charge in [-0.15, -0.1) is 6.58 Å². The predicted octanol–water partition coefficient (Wildman–Crippen LogP) is 3.39. The Morgan fingerprint density at radius 1 is 1.40 bits per heavy atom. The molecule has 1 aliphatic carbocycles. The molecule has 0 bridgehead atoms. The molecule has 0 aliphatic heterocycles. The lowest BCUT2D eigenvalue weighted by atomic mass is 10.1. The van der Waals surface area contributed by atoms with E-state index in [2.05, 4.69) is 11.6 Å². The van der Waals surface area contributed by atoms with Crippen molar-refractivity contribution >= 4 is 12.2 Å². The average molecular weight is 271 g/mol. The van der Waals surface area contributed by atoms with E-state index in [4.69, 9.17) is 4.74 Å². The minimum Gasteiger partial charge on any atom is -0.458 e. The fourth-order valence-electron chi connectivity index (χ4n) is 2.09. The third kappa shape index (κ3) is 3.16. The maximum atomic E-state index is 12.3. The molecule has 0 unspecified atom stereocenters. The number of benzene rings is 1. The van der Waals surface area contributed by atoms with Crippen LogP contribution in [0.5, 0.6) is 0 Å². The Hall–Kier alpha value is -1.90. The number of aliphatic imine (C=N–C) groups is 1. The van der Waals surface area contributed by atoms with Gasteiger partial charge in [0.15, 0.2) is 5.54 Å². The second-order valence-electron chi connectivity index (χ2n) is 6.14. The van der Waals surface area contributed by atoms with Gasteiger partial charge in [0.25, 0.3) is 0 Å². The van der Waals surface area contributed by atoms with E-state index in [1.165, 1.54) is 0 Å². The summed E-state index contributed by atoms with van der Waals surface area (Å²) in [5.74, 6) is -0.195. The summed E-state index contributed by atoms with van der Waals surface area (Å²) in [4.78, 5) is 16.9. The van der Waals surface area contributed by atoms with Crippen molar-refractivity contribution in [2.45, 2.75) is 38.3 Å². The minimum absolute atomic E-state index is 0.0670. The normalized spacial score (nSPS) is 25.4. The van der Waals surface area contributed by atoms with Gasteiger partial charge in [0, 0.05) is 12.1 Å². The first-order valence-electron chi connectivity index (χ1n) is 6.84. The number of carbonyl (C=O) groups is 1. The summed E-state index contributed by atoms with van der Waals surface area (Å²) in [5, 5.41) is 0. The molecule has 0 saturated heterocycles. The Kier molecular flexibility index (Phi) is 3.80. The average Bonchev–Trinajstić information content (AvgIpc) is 3.11. The van der Waals surface area contributed by atoms with Crippen LogP contribution in [0, 0.1) is 5.92 Å².